The van der Waals surface area contributed by atoms with Crippen molar-refractivity contribution in [1.82, 2.24) is 9.38 Å². The van der Waals surface area contributed by atoms with Crippen LogP contribution in [0.3, 0.4) is 0 Å². The topological polar surface area (TPSA) is 17.3 Å². The molecule has 4 aromatic carbocycles. The maximum atomic E-state index is 5.13. The fraction of sp³-hybridized carbons (Fsp3) is 0.0690. The van der Waals surface area contributed by atoms with Crippen LogP contribution in [0.5, 0.6) is 0 Å². The second kappa shape index (κ2) is 6.41. The number of aromatic nitrogens is 2. The molecule has 1 aliphatic heterocycles. The highest BCUT2D eigenvalue weighted by Crippen LogP contribution is 2.35. The number of pyridine rings is 1. The molecule has 0 radical (unpaired) electrons. The van der Waals surface area contributed by atoms with Gasteiger partial charge in [-0.3, -0.25) is 4.40 Å². The maximum Gasteiger partial charge on any atom is 0.156 e. The molecule has 3 heteroatoms. The van der Waals surface area contributed by atoms with Gasteiger partial charge in [0.1, 0.15) is 5.65 Å². The zero-order valence-electron chi connectivity index (χ0n) is 17.9. The quantitative estimate of drug-likeness (QED) is 0.294. The molecule has 2 nitrogen and oxygen atoms in total. The predicted octanol–water partition coefficient (Wildman–Crippen LogP) is 4.51. The highest BCUT2D eigenvalue weighted by Gasteiger charge is 2.45. The van der Waals surface area contributed by atoms with E-state index in [1.807, 2.05) is 0 Å². The van der Waals surface area contributed by atoms with E-state index in [4.69, 9.17) is 4.98 Å². The van der Waals surface area contributed by atoms with E-state index in [1.165, 1.54) is 42.9 Å². The number of benzene rings is 4. The van der Waals surface area contributed by atoms with Crippen LogP contribution in [0.15, 0.2) is 103 Å². The van der Waals surface area contributed by atoms with Gasteiger partial charge in [-0.25, -0.2) is 4.98 Å². The van der Waals surface area contributed by atoms with Gasteiger partial charge in [0.05, 0.1) is 11.2 Å². The van der Waals surface area contributed by atoms with E-state index in [9.17, 15) is 0 Å². The Balaban J connectivity index is 1.75. The first-order chi connectivity index (χ1) is 15.8. The highest BCUT2D eigenvalue weighted by molar-refractivity contribution is 7.12. The molecule has 32 heavy (non-hydrogen) atoms. The van der Waals surface area contributed by atoms with Crippen molar-refractivity contribution in [3.63, 3.8) is 0 Å². The van der Waals surface area contributed by atoms with Gasteiger partial charge in [0.2, 0.25) is 0 Å². The van der Waals surface area contributed by atoms with Crippen molar-refractivity contribution in [2.24, 2.45) is 0 Å². The van der Waals surface area contributed by atoms with Crippen LogP contribution in [0.25, 0.3) is 27.3 Å². The van der Waals surface area contributed by atoms with Crippen LogP contribution in [0, 0.1) is 6.92 Å². The Labute approximate surface area is 187 Å². The molecule has 7 rings (SSSR count). The third-order valence-electron chi connectivity index (χ3n) is 7.32. The van der Waals surface area contributed by atoms with Crippen LogP contribution in [0.2, 0.25) is 0 Å². The van der Waals surface area contributed by atoms with E-state index in [1.54, 1.807) is 0 Å². The molecule has 6 aromatic rings. The Morgan fingerprint density at radius 3 is 1.94 bits per heavy atom. The van der Waals surface area contributed by atoms with Gasteiger partial charge in [0, 0.05) is 16.5 Å². The van der Waals surface area contributed by atoms with Crippen LogP contribution in [-0.2, 0) is 6.04 Å². The first-order valence-corrected chi connectivity index (χ1v) is 13.4. The number of hydrogen-bond acceptors (Lipinski definition) is 1. The van der Waals surface area contributed by atoms with Crippen molar-refractivity contribution in [2.45, 2.75) is 13.0 Å². The number of nitrogens with zero attached hydrogens (tertiary/aromatic N) is 2. The Morgan fingerprint density at radius 1 is 0.656 bits per heavy atom. The number of aryl methyl sites for hydroxylation is 1. The Bertz CT molecular complexity index is 1610. The minimum Gasteiger partial charge on any atom is -0.296 e. The van der Waals surface area contributed by atoms with E-state index in [-0.39, 0.29) is 0 Å². The molecule has 0 atom stereocenters. The molecule has 0 amide bonds. The summed E-state index contributed by atoms with van der Waals surface area (Å²) >= 11 is 0. The third kappa shape index (κ3) is 2.16. The van der Waals surface area contributed by atoms with Crippen molar-refractivity contribution in [1.29, 1.82) is 0 Å². The zero-order valence-corrected chi connectivity index (χ0v) is 18.9. The van der Waals surface area contributed by atoms with E-state index in [0.717, 1.165) is 17.4 Å². The monoisotopic (exact) mass is 426 g/mol. The van der Waals surface area contributed by atoms with Crippen molar-refractivity contribution in [3.8, 4) is 0 Å². The largest absolute Gasteiger partial charge is 0.296 e. The normalized spacial score (nSPS) is 14.5. The van der Waals surface area contributed by atoms with E-state index < -0.39 is 8.07 Å². The molecule has 2 aromatic heterocycles. The summed E-state index contributed by atoms with van der Waals surface area (Å²) in [6.07, 6.45) is 0. The lowest BCUT2D eigenvalue weighted by Crippen LogP contribution is -2.70. The van der Waals surface area contributed by atoms with Crippen molar-refractivity contribution in [2.75, 3.05) is 0 Å². The summed E-state index contributed by atoms with van der Waals surface area (Å²) in [4.78, 5) is 5.13. The summed E-state index contributed by atoms with van der Waals surface area (Å²) in [5, 5.41) is 8.28. The van der Waals surface area contributed by atoms with Crippen LogP contribution >= 0.6 is 0 Å². The van der Waals surface area contributed by atoms with Gasteiger partial charge in [0.15, 0.2) is 8.07 Å². The molecule has 0 saturated heterocycles. The first-order valence-electron chi connectivity index (χ1n) is 11.2. The molecule has 0 saturated carbocycles. The Kier molecular flexibility index (Phi) is 3.59. The molecular weight excluding hydrogens is 404 g/mol. The summed E-state index contributed by atoms with van der Waals surface area (Å²) in [5.74, 6) is 0. The SMILES string of the molecule is Cc1nc2c3ccccc3c3cccc4c3n2c1C[Si]4(c1ccccc1)c1ccccc1. The maximum absolute atomic E-state index is 5.13. The van der Waals surface area contributed by atoms with E-state index in [0.29, 0.717) is 0 Å². The Morgan fingerprint density at radius 2 is 1.25 bits per heavy atom. The zero-order chi connectivity index (χ0) is 21.3. The molecule has 0 bridgehead atoms. The first kappa shape index (κ1) is 17.9. The van der Waals surface area contributed by atoms with E-state index >= 15 is 0 Å². The second-order valence-corrected chi connectivity index (χ2v) is 12.7. The molecule has 0 unspecified atom stereocenters. The van der Waals surface area contributed by atoms with Crippen LogP contribution < -0.4 is 15.6 Å². The minimum atomic E-state index is -2.30. The predicted molar refractivity (Wildman–Crippen MR) is 136 cm³/mol. The van der Waals surface area contributed by atoms with Gasteiger partial charge in [-0.15, -0.1) is 0 Å². The average molecular weight is 427 g/mol. The molecule has 0 spiro atoms. The number of fused-ring (bicyclic) bond motifs is 3. The number of imidazole rings is 1. The fourth-order valence-corrected chi connectivity index (χ4v) is 10.9. The summed E-state index contributed by atoms with van der Waals surface area (Å²) in [6.45, 7) is 2.19. The molecule has 0 N–H and O–H groups in total. The lowest BCUT2D eigenvalue weighted by Gasteiger charge is -2.38. The summed E-state index contributed by atoms with van der Waals surface area (Å²) < 4.78 is 2.47. The molecule has 1 aliphatic rings. The Hall–Kier alpha value is -3.69. The molecule has 3 heterocycles. The van der Waals surface area contributed by atoms with Crippen LogP contribution in [0.4, 0.5) is 0 Å². The van der Waals surface area contributed by atoms with Crippen molar-refractivity contribution in [3.05, 3.63) is 115 Å². The van der Waals surface area contributed by atoms with Crippen LogP contribution in [-0.4, -0.2) is 17.5 Å². The van der Waals surface area contributed by atoms with Gasteiger partial charge in [-0.2, -0.15) is 0 Å². The summed E-state index contributed by atoms with van der Waals surface area (Å²) in [5.41, 5.74) is 4.97. The number of rotatable bonds is 2. The lowest BCUT2D eigenvalue weighted by atomic mass is 10.1. The molecular formula is C29H22N2Si. The van der Waals surface area contributed by atoms with Crippen molar-refractivity contribution < 1.29 is 0 Å². The fourth-order valence-electron chi connectivity index (χ4n) is 5.92. The summed E-state index contributed by atoms with van der Waals surface area (Å²) in [6, 6.07) is 39.1. The van der Waals surface area contributed by atoms with Crippen molar-refractivity contribution >= 4 is 51.0 Å². The third-order valence-corrected chi connectivity index (χ3v) is 12.1. The van der Waals surface area contributed by atoms with Gasteiger partial charge >= 0.3 is 0 Å². The lowest BCUT2D eigenvalue weighted by molar-refractivity contribution is 1.09. The van der Waals surface area contributed by atoms with Crippen LogP contribution in [0.1, 0.15) is 11.4 Å². The summed E-state index contributed by atoms with van der Waals surface area (Å²) in [7, 11) is -2.30. The standard InChI is InChI=1S/C29H22N2Si/c1-20-26-19-32(21-11-4-2-5-12-21,22-13-6-3-7-14-22)27-18-10-17-24-23-15-8-9-16-25(23)29(30-20)31(26)28(24)27/h2-18H,19H2,1H3. The minimum absolute atomic E-state index is 1.03. The number of para-hydroxylation sites is 1. The average Bonchev–Trinajstić information content (AvgIpc) is 3.20. The second-order valence-electron chi connectivity index (χ2n) is 8.86. The molecule has 152 valence electrons. The van der Waals surface area contributed by atoms with Gasteiger partial charge < -0.3 is 0 Å². The van der Waals surface area contributed by atoms with Gasteiger partial charge in [-0.05, 0) is 33.9 Å². The van der Waals surface area contributed by atoms with Gasteiger partial charge in [-0.1, -0.05) is 103 Å². The highest BCUT2D eigenvalue weighted by atomic mass is 28.3. The smallest absolute Gasteiger partial charge is 0.156 e. The van der Waals surface area contributed by atoms with Gasteiger partial charge in [0.25, 0.3) is 0 Å². The molecule has 0 aliphatic carbocycles. The molecule has 0 fully saturated rings. The number of hydrogen-bond donors (Lipinski definition) is 0. The van der Waals surface area contributed by atoms with E-state index in [2.05, 4.69) is 114 Å².